The fourth-order valence-electron chi connectivity index (χ4n) is 4.14. The molecule has 2 aliphatic heterocycles. The second-order valence-corrected chi connectivity index (χ2v) is 7.66. The van der Waals surface area contributed by atoms with Crippen LogP contribution in [-0.4, -0.2) is 41.5 Å². The van der Waals surface area contributed by atoms with Gasteiger partial charge in [0.2, 0.25) is 11.8 Å². The van der Waals surface area contributed by atoms with E-state index < -0.39 is 0 Å². The first-order chi connectivity index (χ1) is 13.1. The van der Waals surface area contributed by atoms with Crippen LogP contribution in [-0.2, 0) is 16.0 Å². The van der Waals surface area contributed by atoms with Gasteiger partial charge in [-0.25, -0.2) is 0 Å². The average Bonchev–Trinajstić information content (AvgIpc) is 3.28. The lowest BCUT2D eigenvalue weighted by atomic mass is 9.89. The molecular formula is C21H25N3O3. The summed E-state index contributed by atoms with van der Waals surface area (Å²) >= 11 is 0. The van der Waals surface area contributed by atoms with Gasteiger partial charge in [0.1, 0.15) is 5.76 Å². The number of piperidine rings is 1. The van der Waals surface area contributed by atoms with Crippen LogP contribution in [0.25, 0.3) is 0 Å². The van der Waals surface area contributed by atoms with E-state index in [1.54, 1.807) is 17.9 Å². The van der Waals surface area contributed by atoms with Gasteiger partial charge in [0, 0.05) is 32.1 Å². The zero-order valence-electron chi connectivity index (χ0n) is 15.6. The zero-order valence-corrected chi connectivity index (χ0v) is 15.6. The van der Waals surface area contributed by atoms with Crippen molar-refractivity contribution >= 4 is 17.6 Å². The number of aryl methyl sites for hydroxylation is 1. The summed E-state index contributed by atoms with van der Waals surface area (Å²) in [4.78, 5) is 28.7. The Kier molecular flexibility index (Phi) is 4.97. The number of carbonyl (C=O) groups excluding carboxylic acids is 2. The summed E-state index contributed by atoms with van der Waals surface area (Å²) in [6.07, 6.45) is 3.37. The molecule has 0 saturated carbocycles. The minimum Gasteiger partial charge on any atom is -0.360 e. The van der Waals surface area contributed by atoms with Crippen LogP contribution in [0.2, 0.25) is 0 Å². The molecule has 142 valence electrons. The first-order valence-electron chi connectivity index (χ1n) is 9.66. The van der Waals surface area contributed by atoms with Crippen LogP contribution >= 0.6 is 0 Å². The number of hydrogen-bond donors (Lipinski definition) is 0. The summed E-state index contributed by atoms with van der Waals surface area (Å²) in [6.45, 7) is 3.75. The highest BCUT2D eigenvalue weighted by atomic mass is 16.5. The number of nitrogens with zero attached hydrogens (tertiary/aromatic N) is 3. The first-order valence-corrected chi connectivity index (χ1v) is 9.66. The van der Waals surface area contributed by atoms with Gasteiger partial charge in [-0.15, -0.1) is 0 Å². The van der Waals surface area contributed by atoms with Crippen molar-refractivity contribution in [1.82, 2.24) is 10.1 Å². The third kappa shape index (κ3) is 3.89. The van der Waals surface area contributed by atoms with Crippen LogP contribution in [0, 0.1) is 18.8 Å². The average molecular weight is 367 g/mol. The van der Waals surface area contributed by atoms with Crippen LogP contribution in [0.15, 0.2) is 40.9 Å². The van der Waals surface area contributed by atoms with Crippen LogP contribution in [0.1, 0.15) is 30.6 Å². The van der Waals surface area contributed by atoms with Crippen LogP contribution < -0.4 is 4.90 Å². The third-order valence-electron chi connectivity index (χ3n) is 5.66. The van der Waals surface area contributed by atoms with E-state index in [-0.39, 0.29) is 24.2 Å². The maximum absolute atomic E-state index is 12.9. The van der Waals surface area contributed by atoms with Gasteiger partial charge in [0.25, 0.3) is 0 Å². The molecule has 2 saturated heterocycles. The molecule has 1 atom stereocenters. The SMILES string of the molecule is Cc1cc(N2CC(C(=O)N3CCC(Cc4ccccc4)CC3)CC2=O)no1. The summed E-state index contributed by atoms with van der Waals surface area (Å²) in [5, 5.41) is 3.91. The Hall–Kier alpha value is -2.63. The number of rotatable bonds is 4. The summed E-state index contributed by atoms with van der Waals surface area (Å²) in [6, 6.07) is 12.3. The molecule has 0 N–H and O–H groups in total. The maximum Gasteiger partial charge on any atom is 0.229 e. The summed E-state index contributed by atoms with van der Waals surface area (Å²) < 4.78 is 5.06. The van der Waals surface area contributed by atoms with Crippen LogP contribution in [0.3, 0.4) is 0 Å². The van der Waals surface area contributed by atoms with E-state index in [1.165, 1.54) is 5.56 Å². The molecule has 2 fully saturated rings. The Balaban J connectivity index is 1.31. The molecular weight excluding hydrogens is 342 g/mol. The van der Waals surface area contributed by atoms with Crippen LogP contribution in [0.4, 0.5) is 5.82 Å². The molecule has 27 heavy (non-hydrogen) atoms. The quantitative estimate of drug-likeness (QED) is 0.833. The maximum atomic E-state index is 12.9. The molecule has 2 aromatic rings. The standard InChI is InChI=1S/C21H25N3O3/c1-15-11-19(22-27-15)24-14-18(13-20(24)25)21(26)23-9-7-17(8-10-23)12-16-5-3-2-4-6-16/h2-6,11,17-18H,7-10,12-14H2,1H3. The molecule has 4 rings (SSSR count). The van der Waals surface area contributed by atoms with Gasteiger partial charge < -0.3 is 9.42 Å². The largest absolute Gasteiger partial charge is 0.360 e. The molecule has 0 aliphatic carbocycles. The Labute approximate surface area is 159 Å². The smallest absolute Gasteiger partial charge is 0.229 e. The van der Waals surface area contributed by atoms with E-state index in [4.69, 9.17) is 4.52 Å². The predicted octanol–water partition coefficient (Wildman–Crippen LogP) is 2.82. The van der Waals surface area contributed by atoms with Crippen LogP contribution in [0.5, 0.6) is 0 Å². The number of amides is 2. The monoisotopic (exact) mass is 367 g/mol. The van der Waals surface area contributed by atoms with Gasteiger partial charge in [-0.05, 0) is 37.7 Å². The van der Waals surface area contributed by atoms with Gasteiger partial charge >= 0.3 is 0 Å². The van der Waals surface area contributed by atoms with E-state index in [9.17, 15) is 9.59 Å². The van der Waals surface area contributed by atoms with Crippen molar-refractivity contribution in [2.75, 3.05) is 24.5 Å². The van der Waals surface area contributed by atoms with Gasteiger partial charge in [-0.3, -0.25) is 14.5 Å². The van der Waals surface area contributed by atoms with Crippen molar-refractivity contribution in [1.29, 1.82) is 0 Å². The number of aromatic nitrogens is 1. The molecule has 2 amide bonds. The first kappa shape index (κ1) is 17.8. The molecule has 1 unspecified atom stereocenters. The minimum atomic E-state index is -0.278. The number of anilines is 1. The molecule has 6 heteroatoms. The number of benzene rings is 1. The molecule has 0 bridgehead atoms. The molecule has 1 aromatic carbocycles. The second-order valence-electron chi connectivity index (χ2n) is 7.66. The molecule has 6 nitrogen and oxygen atoms in total. The second kappa shape index (κ2) is 7.55. The van der Waals surface area contributed by atoms with Crippen molar-refractivity contribution in [3.05, 3.63) is 47.7 Å². The van der Waals surface area contributed by atoms with Gasteiger partial charge in [-0.1, -0.05) is 35.5 Å². The van der Waals surface area contributed by atoms with E-state index in [0.717, 1.165) is 32.4 Å². The third-order valence-corrected chi connectivity index (χ3v) is 5.66. The molecule has 1 aromatic heterocycles. The lowest BCUT2D eigenvalue weighted by Gasteiger charge is -2.33. The highest BCUT2D eigenvalue weighted by Crippen LogP contribution is 2.28. The normalized spacial score (nSPS) is 21.1. The zero-order chi connectivity index (χ0) is 18.8. The van der Waals surface area contributed by atoms with Gasteiger partial charge in [0.05, 0.1) is 5.92 Å². The molecule has 2 aliphatic rings. The van der Waals surface area contributed by atoms with Crippen molar-refractivity contribution < 1.29 is 14.1 Å². The Bertz CT molecular complexity index is 809. The van der Waals surface area contributed by atoms with E-state index in [0.29, 0.717) is 24.0 Å². The lowest BCUT2D eigenvalue weighted by Crippen LogP contribution is -2.42. The van der Waals surface area contributed by atoms with Gasteiger partial charge in [0.15, 0.2) is 5.82 Å². The van der Waals surface area contributed by atoms with E-state index in [1.807, 2.05) is 11.0 Å². The number of likely N-dealkylation sites (tertiary alicyclic amines) is 1. The van der Waals surface area contributed by atoms with E-state index >= 15 is 0 Å². The topological polar surface area (TPSA) is 66.7 Å². The summed E-state index contributed by atoms with van der Waals surface area (Å²) in [5.74, 6) is 1.56. The highest BCUT2D eigenvalue weighted by Gasteiger charge is 2.39. The van der Waals surface area contributed by atoms with Crippen molar-refractivity contribution in [2.45, 2.75) is 32.6 Å². The fraction of sp³-hybridized carbons (Fsp3) is 0.476. The Morgan fingerprint density at radius 1 is 1.22 bits per heavy atom. The highest BCUT2D eigenvalue weighted by molar-refractivity contribution is 5.99. The van der Waals surface area contributed by atoms with Crippen molar-refractivity contribution in [3.63, 3.8) is 0 Å². The molecule has 0 radical (unpaired) electrons. The van der Waals surface area contributed by atoms with Crippen molar-refractivity contribution in [3.8, 4) is 0 Å². The molecule has 0 spiro atoms. The number of carbonyl (C=O) groups is 2. The minimum absolute atomic E-state index is 0.0550. The Morgan fingerprint density at radius 2 is 1.96 bits per heavy atom. The Morgan fingerprint density at radius 3 is 2.63 bits per heavy atom. The van der Waals surface area contributed by atoms with E-state index in [2.05, 4.69) is 29.4 Å². The van der Waals surface area contributed by atoms with Crippen molar-refractivity contribution in [2.24, 2.45) is 11.8 Å². The van der Waals surface area contributed by atoms with Gasteiger partial charge in [-0.2, -0.15) is 0 Å². The predicted molar refractivity (Wildman–Crippen MR) is 101 cm³/mol. The summed E-state index contributed by atoms with van der Waals surface area (Å²) in [7, 11) is 0. The lowest BCUT2D eigenvalue weighted by molar-refractivity contribution is -0.137. The summed E-state index contributed by atoms with van der Waals surface area (Å²) in [5.41, 5.74) is 1.36. The fourth-order valence-corrected chi connectivity index (χ4v) is 4.14. The number of hydrogen-bond acceptors (Lipinski definition) is 4. The molecule has 3 heterocycles.